The van der Waals surface area contributed by atoms with Crippen molar-refractivity contribution in [3.63, 3.8) is 0 Å². The van der Waals surface area contributed by atoms with Crippen molar-refractivity contribution in [3.05, 3.63) is 55.7 Å². The Kier molecular flexibility index (Phi) is 4.94. The zero-order valence-electron chi connectivity index (χ0n) is 13.4. The summed E-state index contributed by atoms with van der Waals surface area (Å²) < 4.78 is 0.819. The van der Waals surface area contributed by atoms with Crippen molar-refractivity contribution in [2.45, 2.75) is 38.1 Å². The van der Waals surface area contributed by atoms with E-state index in [2.05, 4.69) is 10.3 Å². The number of aromatic amines is 1. The van der Waals surface area contributed by atoms with Crippen LogP contribution in [0.1, 0.15) is 42.5 Å². The van der Waals surface area contributed by atoms with E-state index in [4.69, 9.17) is 11.6 Å². The summed E-state index contributed by atoms with van der Waals surface area (Å²) >= 11 is 6.07. The van der Waals surface area contributed by atoms with Crippen molar-refractivity contribution in [1.82, 2.24) is 14.9 Å². The lowest BCUT2D eigenvalue weighted by atomic mass is 9.95. The highest BCUT2D eigenvalue weighted by atomic mass is 35.5. The average Bonchev–Trinajstić information content (AvgIpc) is 2.57. The van der Waals surface area contributed by atoms with E-state index in [1.807, 2.05) is 0 Å². The van der Waals surface area contributed by atoms with Gasteiger partial charge in [-0.05, 0) is 25.0 Å². The highest BCUT2D eigenvalue weighted by molar-refractivity contribution is 6.32. The summed E-state index contributed by atoms with van der Waals surface area (Å²) in [6.07, 6.45) is 4.79. The van der Waals surface area contributed by atoms with E-state index in [0.717, 1.165) is 36.7 Å². The maximum atomic E-state index is 12.5. The molecule has 1 aromatic heterocycles. The maximum Gasteiger partial charge on any atom is 0.335 e. The minimum Gasteiger partial charge on any atom is -0.493 e. The van der Waals surface area contributed by atoms with E-state index in [0.29, 0.717) is 0 Å². The summed E-state index contributed by atoms with van der Waals surface area (Å²) in [7, 11) is 0. The van der Waals surface area contributed by atoms with E-state index >= 15 is 0 Å². The van der Waals surface area contributed by atoms with Gasteiger partial charge in [-0.1, -0.05) is 43.0 Å². The van der Waals surface area contributed by atoms with Crippen molar-refractivity contribution in [1.29, 1.82) is 0 Å². The summed E-state index contributed by atoms with van der Waals surface area (Å²) in [5.41, 5.74) is -2.12. The smallest absolute Gasteiger partial charge is 0.335 e. The van der Waals surface area contributed by atoms with Crippen LogP contribution in [0.15, 0.2) is 33.9 Å². The van der Waals surface area contributed by atoms with Crippen LogP contribution in [0.3, 0.4) is 0 Å². The van der Waals surface area contributed by atoms with Crippen LogP contribution >= 0.6 is 11.6 Å². The number of nitrogens with one attached hydrogen (secondary N) is 2. The van der Waals surface area contributed by atoms with Gasteiger partial charge in [-0.2, -0.15) is 0 Å². The van der Waals surface area contributed by atoms with Gasteiger partial charge in [-0.3, -0.25) is 14.6 Å². The average molecular weight is 364 g/mol. The molecule has 132 valence electrons. The van der Waals surface area contributed by atoms with Gasteiger partial charge < -0.3 is 10.4 Å². The van der Waals surface area contributed by atoms with Crippen molar-refractivity contribution in [3.8, 4) is 11.6 Å². The van der Waals surface area contributed by atoms with Gasteiger partial charge in [-0.15, -0.1) is 0 Å². The molecule has 2 aromatic rings. The Morgan fingerprint density at radius 2 is 1.88 bits per heavy atom. The third kappa shape index (κ3) is 3.46. The fourth-order valence-electron chi connectivity index (χ4n) is 3.09. The first kappa shape index (κ1) is 17.3. The molecular weight excluding hydrogens is 346 g/mol. The highest BCUT2D eigenvalue weighted by Gasteiger charge is 2.25. The number of carbonyl (C=O) groups is 1. The van der Waals surface area contributed by atoms with E-state index < -0.39 is 28.6 Å². The summed E-state index contributed by atoms with van der Waals surface area (Å²) in [4.78, 5) is 38.8. The van der Waals surface area contributed by atoms with Gasteiger partial charge in [0.2, 0.25) is 5.88 Å². The number of benzene rings is 1. The largest absolute Gasteiger partial charge is 0.493 e. The van der Waals surface area contributed by atoms with E-state index in [1.165, 1.54) is 12.1 Å². The molecule has 0 aliphatic heterocycles. The summed E-state index contributed by atoms with van der Waals surface area (Å²) in [5, 5.41) is 13.4. The number of hydrogen-bond donors (Lipinski definition) is 3. The molecular formula is C17H18ClN3O4. The Morgan fingerprint density at radius 1 is 1.20 bits per heavy atom. The Hall–Kier alpha value is -2.54. The number of rotatable bonds is 3. The third-order valence-electron chi connectivity index (χ3n) is 4.35. The van der Waals surface area contributed by atoms with Crippen LogP contribution in [0.2, 0.25) is 5.02 Å². The normalized spacial score (nSPS) is 15.1. The minimum absolute atomic E-state index is 0.0410. The number of amides is 1. The van der Waals surface area contributed by atoms with Gasteiger partial charge in [0.05, 0.1) is 10.7 Å². The molecule has 1 saturated carbocycles. The molecule has 1 aliphatic carbocycles. The van der Waals surface area contributed by atoms with Crippen molar-refractivity contribution >= 4 is 17.5 Å². The first-order chi connectivity index (χ1) is 12.0. The number of carbonyl (C=O) groups excluding carboxylic acids is 1. The van der Waals surface area contributed by atoms with Gasteiger partial charge in [0.15, 0.2) is 5.56 Å². The van der Waals surface area contributed by atoms with Crippen LogP contribution in [-0.2, 0) is 0 Å². The molecule has 1 heterocycles. The molecule has 1 amide bonds. The van der Waals surface area contributed by atoms with Crippen LogP contribution in [-0.4, -0.2) is 26.6 Å². The fraction of sp³-hybridized carbons (Fsp3) is 0.353. The Bertz CT molecular complexity index is 913. The standard InChI is InChI=1S/C17H18ClN3O4/c18-11-8-4-5-9-12(11)21-16(24)13(15(23)20-17(21)25)14(22)19-10-6-2-1-3-7-10/h4-5,8-10,24H,1-3,6-7H2,(H,19,22)(H,20,23,25). The lowest BCUT2D eigenvalue weighted by Gasteiger charge is -2.23. The number of aromatic hydroxyl groups is 1. The molecule has 0 unspecified atom stereocenters. The second-order valence-corrected chi connectivity index (χ2v) is 6.46. The summed E-state index contributed by atoms with van der Waals surface area (Å²) in [5.74, 6) is -1.43. The van der Waals surface area contributed by atoms with Gasteiger partial charge in [0.25, 0.3) is 11.5 Å². The number of H-pyrrole nitrogens is 1. The molecule has 3 N–H and O–H groups in total. The van der Waals surface area contributed by atoms with E-state index in [-0.39, 0.29) is 16.8 Å². The first-order valence-electron chi connectivity index (χ1n) is 8.13. The monoisotopic (exact) mass is 363 g/mol. The van der Waals surface area contributed by atoms with E-state index in [9.17, 15) is 19.5 Å². The van der Waals surface area contributed by atoms with Crippen LogP contribution in [0.25, 0.3) is 5.69 Å². The molecule has 1 aliphatic rings. The molecule has 8 heteroatoms. The zero-order valence-corrected chi connectivity index (χ0v) is 14.2. The third-order valence-corrected chi connectivity index (χ3v) is 4.67. The van der Waals surface area contributed by atoms with Crippen molar-refractivity contribution < 1.29 is 9.90 Å². The molecule has 7 nitrogen and oxygen atoms in total. The molecule has 25 heavy (non-hydrogen) atoms. The van der Waals surface area contributed by atoms with Gasteiger partial charge in [0.1, 0.15) is 0 Å². The Labute approximate surface area is 148 Å². The van der Waals surface area contributed by atoms with Gasteiger partial charge >= 0.3 is 5.69 Å². The lowest BCUT2D eigenvalue weighted by molar-refractivity contribution is 0.0922. The second kappa shape index (κ2) is 7.14. The summed E-state index contributed by atoms with van der Waals surface area (Å²) in [6, 6.07) is 6.29. The predicted molar refractivity (Wildman–Crippen MR) is 93.7 cm³/mol. The van der Waals surface area contributed by atoms with Crippen LogP contribution in [0.5, 0.6) is 5.88 Å². The predicted octanol–water partition coefficient (Wildman–Crippen LogP) is 1.95. The van der Waals surface area contributed by atoms with E-state index in [1.54, 1.807) is 12.1 Å². The van der Waals surface area contributed by atoms with Crippen molar-refractivity contribution in [2.75, 3.05) is 0 Å². The number of hydrogen-bond acceptors (Lipinski definition) is 4. The molecule has 0 spiro atoms. The van der Waals surface area contributed by atoms with Crippen molar-refractivity contribution in [2.24, 2.45) is 0 Å². The van der Waals surface area contributed by atoms with Gasteiger partial charge in [0, 0.05) is 6.04 Å². The number of para-hydroxylation sites is 1. The molecule has 0 atom stereocenters. The maximum absolute atomic E-state index is 12.5. The molecule has 1 fully saturated rings. The Balaban J connectivity index is 2.04. The van der Waals surface area contributed by atoms with Crippen LogP contribution < -0.4 is 16.6 Å². The summed E-state index contributed by atoms with van der Waals surface area (Å²) in [6.45, 7) is 0. The highest BCUT2D eigenvalue weighted by Crippen LogP contribution is 2.24. The number of nitrogens with zero attached hydrogens (tertiary/aromatic N) is 1. The SMILES string of the molecule is O=C(NC1CCCCC1)c1c(O)n(-c2ccccc2Cl)c(=O)[nH]c1=O. The molecule has 1 aromatic carbocycles. The molecule has 0 saturated heterocycles. The topological polar surface area (TPSA) is 104 Å². The fourth-order valence-corrected chi connectivity index (χ4v) is 3.31. The number of halogens is 1. The van der Waals surface area contributed by atoms with Crippen LogP contribution in [0.4, 0.5) is 0 Å². The van der Waals surface area contributed by atoms with Crippen LogP contribution in [0, 0.1) is 0 Å². The first-order valence-corrected chi connectivity index (χ1v) is 8.51. The van der Waals surface area contributed by atoms with Gasteiger partial charge in [-0.25, -0.2) is 9.36 Å². The second-order valence-electron chi connectivity index (χ2n) is 6.05. The lowest BCUT2D eigenvalue weighted by Crippen LogP contribution is -2.41. The molecule has 0 bridgehead atoms. The quantitative estimate of drug-likeness (QED) is 0.775. The minimum atomic E-state index is -0.931. The Morgan fingerprint density at radius 3 is 2.56 bits per heavy atom. The molecule has 0 radical (unpaired) electrons. The number of aromatic nitrogens is 2. The molecule has 3 rings (SSSR count). The zero-order chi connectivity index (χ0) is 18.0.